The van der Waals surface area contributed by atoms with Gasteiger partial charge in [0.25, 0.3) is 18.2 Å². The number of carbonyl (C=O) groups excluding carboxylic acids is 2. The van der Waals surface area contributed by atoms with Crippen LogP contribution in [0.15, 0.2) is 41.9 Å². The predicted octanol–water partition coefficient (Wildman–Crippen LogP) is 5.01. The summed E-state index contributed by atoms with van der Waals surface area (Å²) < 4.78 is 26.6. The molecule has 2 amide bonds. The number of benzene rings is 1. The Morgan fingerprint density at radius 2 is 2.03 bits per heavy atom. The molecule has 2 aliphatic rings. The van der Waals surface area contributed by atoms with Crippen LogP contribution in [0.25, 0.3) is 0 Å². The molecule has 1 unspecified atom stereocenters. The van der Waals surface area contributed by atoms with E-state index in [0.29, 0.717) is 35.6 Å². The summed E-state index contributed by atoms with van der Waals surface area (Å²) in [6.45, 7) is 2.25. The van der Waals surface area contributed by atoms with Gasteiger partial charge < -0.3 is 15.3 Å². The van der Waals surface area contributed by atoms with Gasteiger partial charge in [-0.15, -0.1) is 11.3 Å². The lowest BCUT2D eigenvalue weighted by Gasteiger charge is -2.32. The van der Waals surface area contributed by atoms with E-state index < -0.39 is 29.5 Å². The number of para-hydroxylation sites is 1. The Balaban J connectivity index is 1.26. The molecule has 5 rings (SSSR count). The van der Waals surface area contributed by atoms with Gasteiger partial charge in [-0.05, 0) is 50.7 Å². The van der Waals surface area contributed by atoms with Crippen molar-refractivity contribution in [1.29, 1.82) is 0 Å². The van der Waals surface area contributed by atoms with Crippen molar-refractivity contribution in [3.8, 4) is 0 Å². The van der Waals surface area contributed by atoms with E-state index in [-0.39, 0.29) is 22.5 Å². The maximum Gasteiger partial charge on any atom is 0.281 e. The van der Waals surface area contributed by atoms with Gasteiger partial charge in [0.15, 0.2) is 0 Å². The monoisotopic (exact) mass is 546 g/mol. The molecule has 3 heterocycles. The molecule has 11 heteroatoms. The van der Waals surface area contributed by atoms with Crippen LogP contribution in [0.2, 0.25) is 5.02 Å². The Bertz CT molecular complexity index is 1340. The molecule has 1 aliphatic heterocycles. The summed E-state index contributed by atoms with van der Waals surface area (Å²) in [5.41, 5.74) is -0.683. The number of pyridine rings is 1. The van der Waals surface area contributed by atoms with Crippen molar-refractivity contribution < 1.29 is 23.5 Å². The molecule has 37 heavy (non-hydrogen) atoms. The predicted molar refractivity (Wildman–Crippen MR) is 136 cm³/mol. The number of alkyl halides is 2. The van der Waals surface area contributed by atoms with Crippen LogP contribution in [-0.4, -0.2) is 39.5 Å². The fourth-order valence-electron chi connectivity index (χ4n) is 5.16. The summed E-state index contributed by atoms with van der Waals surface area (Å²) >= 11 is 7.14. The zero-order valence-electron chi connectivity index (χ0n) is 20.0. The highest BCUT2D eigenvalue weighted by Crippen LogP contribution is 2.46. The van der Waals surface area contributed by atoms with Gasteiger partial charge in [-0.25, -0.2) is 13.8 Å². The van der Waals surface area contributed by atoms with Crippen LogP contribution < -0.4 is 10.2 Å². The van der Waals surface area contributed by atoms with Crippen molar-refractivity contribution in [1.82, 2.24) is 15.3 Å². The van der Waals surface area contributed by atoms with E-state index in [1.54, 1.807) is 17.0 Å². The zero-order valence-corrected chi connectivity index (χ0v) is 21.5. The SMILES string of the molecule is Cc1csc(C2(O)C(=O)N(CC3CCC(NC(=O)c4cc(Cl)cnc4C(F)F)CC3)c3ccccc32)n1. The number of hydrogen-bond donors (Lipinski definition) is 2. The van der Waals surface area contributed by atoms with Crippen molar-refractivity contribution in [2.24, 2.45) is 5.92 Å². The highest BCUT2D eigenvalue weighted by atomic mass is 35.5. The van der Waals surface area contributed by atoms with E-state index in [9.17, 15) is 23.5 Å². The lowest BCUT2D eigenvalue weighted by atomic mass is 9.85. The summed E-state index contributed by atoms with van der Waals surface area (Å²) in [7, 11) is 0. The number of thiazole rings is 1. The summed E-state index contributed by atoms with van der Waals surface area (Å²) in [6, 6.07) is 8.24. The Morgan fingerprint density at radius 3 is 2.70 bits per heavy atom. The first-order chi connectivity index (χ1) is 17.7. The van der Waals surface area contributed by atoms with E-state index in [4.69, 9.17) is 11.6 Å². The molecule has 0 bridgehead atoms. The van der Waals surface area contributed by atoms with Crippen molar-refractivity contribution in [2.45, 2.75) is 50.7 Å². The van der Waals surface area contributed by atoms with E-state index in [1.807, 2.05) is 24.4 Å². The average Bonchev–Trinajstić information content (AvgIpc) is 3.41. The van der Waals surface area contributed by atoms with Gasteiger partial charge in [0.1, 0.15) is 10.7 Å². The molecule has 0 radical (unpaired) electrons. The van der Waals surface area contributed by atoms with Gasteiger partial charge in [0, 0.05) is 35.4 Å². The van der Waals surface area contributed by atoms with Crippen LogP contribution >= 0.6 is 22.9 Å². The molecule has 1 aliphatic carbocycles. The van der Waals surface area contributed by atoms with E-state index in [0.717, 1.165) is 24.7 Å². The Kier molecular flexibility index (Phi) is 6.99. The normalized spacial score (nSPS) is 23.4. The number of aryl methyl sites for hydroxylation is 1. The van der Waals surface area contributed by atoms with Crippen molar-refractivity contribution in [3.05, 3.63) is 74.5 Å². The number of halogens is 3. The molecule has 7 nitrogen and oxygen atoms in total. The number of rotatable bonds is 6. The molecule has 0 saturated heterocycles. The number of nitrogens with zero attached hydrogens (tertiary/aromatic N) is 3. The van der Waals surface area contributed by atoms with Crippen LogP contribution in [0.4, 0.5) is 14.5 Å². The standard InChI is InChI=1S/C26H25ClF2N4O3S/c1-14-13-37-24(31-14)26(36)19-4-2-3-5-20(19)33(25(26)35)12-15-6-8-17(9-7-15)32-23(34)18-10-16(27)11-30-21(18)22(28)29/h2-5,10-11,13,15,17,22,36H,6-9,12H2,1H3,(H,32,34). The van der Waals surface area contributed by atoms with Crippen LogP contribution in [0, 0.1) is 12.8 Å². The average molecular weight is 547 g/mol. The molecule has 0 spiro atoms. The number of anilines is 1. The topological polar surface area (TPSA) is 95.4 Å². The molecular weight excluding hydrogens is 522 g/mol. The van der Waals surface area contributed by atoms with Gasteiger partial charge in [-0.1, -0.05) is 29.8 Å². The van der Waals surface area contributed by atoms with Crippen LogP contribution in [0.1, 0.15) is 64.4 Å². The third kappa shape index (κ3) is 4.73. The number of aliphatic hydroxyl groups is 1. The van der Waals surface area contributed by atoms with Crippen molar-refractivity contribution in [3.63, 3.8) is 0 Å². The number of amides is 2. The third-order valence-corrected chi connectivity index (χ3v) is 8.30. The molecule has 1 atom stereocenters. The van der Waals surface area contributed by atoms with Crippen molar-refractivity contribution >= 4 is 40.4 Å². The minimum atomic E-state index is -2.89. The van der Waals surface area contributed by atoms with E-state index in [1.165, 1.54) is 17.4 Å². The first kappa shape index (κ1) is 25.7. The summed E-state index contributed by atoms with van der Waals surface area (Å²) in [5, 5.41) is 16.7. The minimum Gasteiger partial charge on any atom is -0.370 e. The van der Waals surface area contributed by atoms with Gasteiger partial charge in [0.05, 0.1) is 16.3 Å². The smallest absolute Gasteiger partial charge is 0.281 e. The summed E-state index contributed by atoms with van der Waals surface area (Å²) in [5.74, 6) is -0.886. The largest absolute Gasteiger partial charge is 0.370 e. The molecule has 1 saturated carbocycles. The van der Waals surface area contributed by atoms with Crippen LogP contribution in [0.5, 0.6) is 0 Å². The maximum atomic E-state index is 13.6. The molecule has 3 aromatic rings. The number of fused-ring (bicyclic) bond motifs is 1. The second-order valence-corrected chi connectivity index (χ2v) is 10.8. The Morgan fingerprint density at radius 1 is 1.30 bits per heavy atom. The summed E-state index contributed by atoms with van der Waals surface area (Å²) in [4.78, 5) is 35.9. The van der Waals surface area contributed by atoms with Gasteiger partial charge >= 0.3 is 0 Å². The number of nitrogens with one attached hydrogen (secondary N) is 1. The lowest BCUT2D eigenvalue weighted by Crippen LogP contribution is -2.44. The van der Waals surface area contributed by atoms with Gasteiger partial charge in [-0.3, -0.25) is 14.6 Å². The zero-order chi connectivity index (χ0) is 26.3. The number of aromatic nitrogens is 2. The van der Waals surface area contributed by atoms with Crippen molar-refractivity contribution in [2.75, 3.05) is 11.4 Å². The Hall–Kier alpha value is -2.95. The third-order valence-electron chi connectivity index (χ3n) is 7.03. The van der Waals surface area contributed by atoms with Crippen LogP contribution in [-0.2, 0) is 10.4 Å². The molecule has 194 valence electrons. The van der Waals surface area contributed by atoms with Crippen LogP contribution in [0.3, 0.4) is 0 Å². The van der Waals surface area contributed by atoms with E-state index in [2.05, 4.69) is 15.3 Å². The fraction of sp³-hybridized carbons (Fsp3) is 0.385. The maximum absolute atomic E-state index is 13.6. The molecule has 2 aromatic heterocycles. The second-order valence-electron chi connectivity index (χ2n) is 9.52. The highest BCUT2D eigenvalue weighted by Gasteiger charge is 2.53. The molecular formula is C26H25ClF2N4O3S. The quantitative estimate of drug-likeness (QED) is 0.453. The lowest BCUT2D eigenvalue weighted by molar-refractivity contribution is -0.132. The molecule has 1 fully saturated rings. The summed E-state index contributed by atoms with van der Waals surface area (Å²) in [6.07, 6.45) is 0.922. The Labute approximate surface area is 221 Å². The fourth-order valence-corrected chi connectivity index (χ4v) is 6.22. The molecule has 2 N–H and O–H groups in total. The highest BCUT2D eigenvalue weighted by molar-refractivity contribution is 7.10. The number of carbonyl (C=O) groups is 2. The van der Waals surface area contributed by atoms with Gasteiger partial charge in [-0.2, -0.15) is 0 Å². The molecule has 1 aromatic carbocycles. The first-order valence-corrected chi connectivity index (χ1v) is 13.2. The van der Waals surface area contributed by atoms with Gasteiger partial charge in [0.2, 0.25) is 5.60 Å². The first-order valence-electron chi connectivity index (χ1n) is 12.0. The second kappa shape index (κ2) is 10.1. The number of hydrogen-bond acceptors (Lipinski definition) is 6. The minimum absolute atomic E-state index is 0.113. The van der Waals surface area contributed by atoms with E-state index >= 15 is 0 Å².